The Morgan fingerprint density at radius 1 is 1.28 bits per heavy atom. The van der Waals surface area contributed by atoms with Gasteiger partial charge in [0, 0.05) is 24.6 Å². The Labute approximate surface area is 225 Å². The Kier molecular flexibility index (Phi) is 6.92. The van der Waals surface area contributed by atoms with Gasteiger partial charge in [0.2, 0.25) is 11.7 Å². The van der Waals surface area contributed by atoms with Gasteiger partial charge in [0.05, 0.1) is 30.5 Å². The van der Waals surface area contributed by atoms with Gasteiger partial charge in [-0.25, -0.2) is 9.31 Å². The molecular formula is C28H34N6O5. The fourth-order valence-electron chi connectivity index (χ4n) is 5.63. The standard InChI is InChI=1S/C28H34N6O5/c1-6-19(16-7-9-18(38-5)10-8-16)26-31-24(32-39-26)20-15-29-34-21(14-23(35)30-25(20)34)17-11-12-33(27(36)37)22(13-17)28(2,3)4/h7-10,14-15,17,19,22H,6,11-13H2,1-5H3,(H,30,35)(H,36,37). The van der Waals surface area contributed by atoms with Crippen molar-refractivity contribution in [1.29, 1.82) is 0 Å². The Balaban J connectivity index is 1.49. The lowest BCUT2D eigenvalue weighted by atomic mass is 9.76. The topological polar surface area (TPSA) is 139 Å². The van der Waals surface area contributed by atoms with Crippen LogP contribution in [-0.2, 0) is 0 Å². The molecule has 11 heteroatoms. The van der Waals surface area contributed by atoms with Gasteiger partial charge in [-0.05, 0) is 42.4 Å². The number of carbonyl (C=O) groups is 1. The third kappa shape index (κ3) is 5.00. The van der Waals surface area contributed by atoms with Gasteiger partial charge in [-0.2, -0.15) is 10.1 Å². The van der Waals surface area contributed by atoms with Crippen molar-refractivity contribution >= 4 is 11.7 Å². The summed E-state index contributed by atoms with van der Waals surface area (Å²) in [6, 6.07) is 9.13. The van der Waals surface area contributed by atoms with Crippen molar-refractivity contribution < 1.29 is 19.2 Å². The molecule has 0 saturated carbocycles. The lowest BCUT2D eigenvalue weighted by molar-refractivity contribution is 0.0518. The summed E-state index contributed by atoms with van der Waals surface area (Å²) in [4.78, 5) is 33.8. The number of H-pyrrole nitrogens is 1. The summed E-state index contributed by atoms with van der Waals surface area (Å²) in [5.41, 5.74) is 2.30. The van der Waals surface area contributed by atoms with Crippen molar-refractivity contribution in [1.82, 2.24) is 29.6 Å². The Hall–Kier alpha value is -4.15. The van der Waals surface area contributed by atoms with E-state index in [0.29, 0.717) is 42.3 Å². The number of ether oxygens (including phenoxy) is 1. The van der Waals surface area contributed by atoms with E-state index in [0.717, 1.165) is 23.4 Å². The van der Waals surface area contributed by atoms with Gasteiger partial charge < -0.3 is 24.3 Å². The summed E-state index contributed by atoms with van der Waals surface area (Å²) in [7, 11) is 1.63. The van der Waals surface area contributed by atoms with Crippen LogP contribution < -0.4 is 10.3 Å². The summed E-state index contributed by atoms with van der Waals surface area (Å²) in [6.45, 7) is 8.57. The lowest BCUT2D eigenvalue weighted by Crippen LogP contribution is -2.51. The fraction of sp³-hybridized carbons (Fsp3) is 0.464. The quantitative estimate of drug-likeness (QED) is 0.356. The van der Waals surface area contributed by atoms with Crippen LogP contribution in [0.5, 0.6) is 5.75 Å². The summed E-state index contributed by atoms with van der Waals surface area (Å²) in [5, 5.41) is 18.6. The number of piperidine rings is 1. The average Bonchev–Trinajstić information content (AvgIpc) is 3.55. The fourth-order valence-corrected chi connectivity index (χ4v) is 5.63. The molecule has 1 fully saturated rings. The number of hydrogen-bond donors (Lipinski definition) is 2. The van der Waals surface area contributed by atoms with E-state index in [9.17, 15) is 14.7 Å². The van der Waals surface area contributed by atoms with Crippen LogP contribution in [0.2, 0.25) is 0 Å². The molecule has 3 unspecified atom stereocenters. The maximum absolute atomic E-state index is 12.8. The van der Waals surface area contributed by atoms with Crippen LogP contribution in [0.15, 0.2) is 45.8 Å². The second-order valence-corrected chi connectivity index (χ2v) is 11.1. The largest absolute Gasteiger partial charge is 0.497 e. The first-order valence-corrected chi connectivity index (χ1v) is 13.2. The molecule has 4 aromatic rings. The van der Waals surface area contributed by atoms with Crippen LogP contribution in [0.25, 0.3) is 17.0 Å². The van der Waals surface area contributed by atoms with Gasteiger partial charge in [0.15, 0.2) is 0 Å². The summed E-state index contributed by atoms with van der Waals surface area (Å²) in [6.07, 6.45) is 2.66. The molecule has 0 bridgehead atoms. The number of rotatable bonds is 6. The molecule has 0 aliphatic carbocycles. The van der Waals surface area contributed by atoms with E-state index in [2.05, 4.69) is 27.1 Å². The van der Waals surface area contributed by atoms with E-state index in [-0.39, 0.29) is 28.9 Å². The second kappa shape index (κ2) is 10.2. The molecule has 1 saturated heterocycles. The number of nitrogens with one attached hydrogen (secondary N) is 1. The molecule has 11 nitrogen and oxygen atoms in total. The highest BCUT2D eigenvalue weighted by Crippen LogP contribution is 2.39. The van der Waals surface area contributed by atoms with E-state index in [1.165, 1.54) is 4.90 Å². The first-order chi connectivity index (χ1) is 18.6. The van der Waals surface area contributed by atoms with Gasteiger partial charge in [0.1, 0.15) is 11.4 Å². The Morgan fingerprint density at radius 3 is 2.67 bits per heavy atom. The highest BCUT2D eigenvalue weighted by molar-refractivity contribution is 5.72. The zero-order chi connectivity index (χ0) is 27.9. The van der Waals surface area contributed by atoms with Crippen LogP contribution in [0.1, 0.15) is 75.9 Å². The molecule has 0 spiro atoms. The Bertz CT molecular complexity index is 1530. The van der Waals surface area contributed by atoms with E-state index in [1.807, 2.05) is 45.0 Å². The van der Waals surface area contributed by atoms with Crippen molar-refractivity contribution in [2.45, 2.75) is 64.8 Å². The normalized spacial score (nSPS) is 18.8. The van der Waals surface area contributed by atoms with Crippen molar-refractivity contribution in [3.8, 4) is 17.1 Å². The monoisotopic (exact) mass is 534 g/mol. The van der Waals surface area contributed by atoms with Crippen LogP contribution >= 0.6 is 0 Å². The molecule has 0 radical (unpaired) electrons. The predicted molar refractivity (Wildman–Crippen MR) is 144 cm³/mol. The van der Waals surface area contributed by atoms with Crippen LogP contribution in [0.3, 0.4) is 0 Å². The zero-order valence-corrected chi connectivity index (χ0v) is 22.8. The smallest absolute Gasteiger partial charge is 0.407 e. The van der Waals surface area contributed by atoms with Gasteiger partial charge in [-0.1, -0.05) is 45.0 Å². The van der Waals surface area contributed by atoms with Crippen molar-refractivity contribution in [3.05, 3.63) is 64.0 Å². The summed E-state index contributed by atoms with van der Waals surface area (Å²) < 4.78 is 12.7. The molecule has 1 aliphatic heterocycles. The van der Waals surface area contributed by atoms with Crippen LogP contribution in [0.4, 0.5) is 4.79 Å². The van der Waals surface area contributed by atoms with E-state index in [4.69, 9.17) is 9.26 Å². The minimum absolute atomic E-state index is 0.0391. The second-order valence-electron chi connectivity index (χ2n) is 11.1. The van der Waals surface area contributed by atoms with E-state index < -0.39 is 6.09 Å². The van der Waals surface area contributed by atoms with Gasteiger partial charge in [0.25, 0.3) is 5.56 Å². The minimum atomic E-state index is -0.918. The van der Waals surface area contributed by atoms with Crippen LogP contribution in [-0.4, -0.2) is 60.5 Å². The molecule has 1 aliphatic rings. The number of carboxylic acid groups (broad SMARTS) is 1. The van der Waals surface area contributed by atoms with Gasteiger partial charge in [-0.3, -0.25) is 4.79 Å². The molecule has 5 rings (SSSR count). The maximum Gasteiger partial charge on any atom is 0.407 e. The Morgan fingerprint density at radius 2 is 2.03 bits per heavy atom. The van der Waals surface area contributed by atoms with Crippen molar-refractivity contribution in [3.63, 3.8) is 0 Å². The molecule has 3 atom stereocenters. The number of aromatic nitrogens is 5. The average molecular weight is 535 g/mol. The SMILES string of the molecule is CCC(c1ccc(OC)cc1)c1nc(-c2cnn3c(C4CCN(C(=O)O)C(C(C)(C)C)C4)cc(=O)[nH]c23)no1. The first-order valence-electron chi connectivity index (χ1n) is 13.2. The van der Waals surface area contributed by atoms with Gasteiger partial charge >= 0.3 is 6.09 Å². The molecule has 3 aromatic heterocycles. The number of benzene rings is 1. The number of amides is 1. The highest BCUT2D eigenvalue weighted by atomic mass is 16.5. The first kappa shape index (κ1) is 26.5. The number of fused-ring (bicyclic) bond motifs is 1. The molecule has 39 heavy (non-hydrogen) atoms. The van der Waals surface area contributed by atoms with Gasteiger partial charge in [-0.15, -0.1) is 0 Å². The number of nitrogens with zero attached hydrogens (tertiary/aromatic N) is 5. The molecule has 1 amide bonds. The number of likely N-dealkylation sites (tertiary alicyclic amines) is 1. The van der Waals surface area contributed by atoms with E-state index in [1.54, 1.807) is 23.9 Å². The highest BCUT2D eigenvalue weighted by Gasteiger charge is 2.40. The summed E-state index contributed by atoms with van der Waals surface area (Å²) in [5.74, 6) is 1.45. The number of hydrogen-bond acceptors (Lipinski definition) is 7. The third-order valence-electron chi connectivity index (χ3n) is 7.71. The minimum Gasteiger partial charge on any atom is -0.497 e. The third-order valence-corrected chi connectivity index (χ3v) is 7.71. The number of methoxy groups -OCH3 is 1. The maximum atomic E-state index is 12.8. The predicted octanol–water partition coefficient (Wildman–Crippen LogP) is 4.90. The molecular weight excluding hydrogens is 500 g/mol. The van der Waals surface area contributed by atoms with Crippen molar-refractivity contribution in [2.24, 2.45) is 5.41 Å². The number of aromatic amines is 1. The van der Waals surface area contributed by atoms with Crippen LogP contribution in [0, 0.1) is 5.41 Å². The zero-order valence-electron chi connectivity index (χ0n) is 22.8. The lowest BCUT2D eigenvalue weighted by Gasteiger charge is -2.44. The summed E-state index contributed by atoms with van der Waals surface area (Å²) >= 11 is 0. The van der Waals surface area contributed by atoms with E-state index >= 15 is 0 Å². The molecule has 2 N–H and O–H groups in total. The van der Waals surface area contributed by atoms with Crippen molar-refractivity contribution in [2.75, 3.05) is 13.7 Å². The molecule has 4 heterocycles. The molecule has 206 valence electrons. The molecule has 1 aromatic carbocycles.